The average molecular weight is 218 g/mol. The second kappa shape index (κ2) is 7.20. The van der Waals surface area contributed by atoms with Crippen LogP contribution in [0, 0.1) is 5.92 Å². The molecule has 2 unspecified atom stereocenters. The Hall–Kier alpha value is -0.120. The van der Waals surface area contributed by atoms with Crippen LogP contribution in [-0.4, -0.2) is 35.1 Å². The lowest BCUT2D eigenvalue weighted by molar-refractivity contribution is -0.0377. The summed E-state index contributed by atoms with van der Waals surface area (Å²) in [4.78, 5) is 0. The van der Waals surface area contributed by atoms with E-state index in [4.69, 9.17) is 9.84 Å². The van der Waals surface area contributed by atoms with Gasteiger partial charge >= 0.3 is 0 Å². The zero-order valence-corrected chi connectivity index (χ0v) is 10.5. The van der Waals surface area contributed by atoms with E-state index in [1.54, 1.807) is 0 Å². The summed E-state index contributed by atoms with van der Waals surface area (Å²) in [6.07, 6.45) is 1.97. The van der Waals surface area contributed by atoms with Gasteiger partial charge in [0.1, 0.15) is 0 Å². The summed E-state index contributed by atoms with van der Waals surface area (Å²) in [5.74, 6) is 0.360. The van der Waals surface area contributed by atoms with E-state index in [1.807, 2.05) is 0 Å². The van der Waals surface area contributed by atoms with Crippen molar-refractivity contribution in [3.63, 3.8) is 0 Å². The first-order chi connectivity index (χ1) is 6.91. The molecule has 92 valence electrons. The molecule has 0 heterocycles. The van der Waals surface area contributed by atoms with Crippen LogP contribution in [-0.2, 0) is 4.74 Å². The fraction of sp³-hybridized carbons (Fsp3) is 1.00. The molecule has 3 nitrogen and oxygen atoms in total. The van der Waals surface area contributed by atoms with E-state index in [-0.39, 0.29) is 12.2 Å². The van der Waals surface area contributed by atoms with Gasteiger partial charge in [-0.1, -0.05) is 13.8 Å². The lowest BCUT2D eigenvalue weighted by Gasteiger charge is -2.29. The van der Waals surface area contributed by atoms with E-state index in [0.29, 0.717) is 12.3 Å². The minimum Gasteiger partial charge on any atom is -0.394 e. The largest absolute Gasteiger partial charge is 0.394 e. The Labute approximate surface area is 93.5 Å². The van der Waals surface area contributed by atoms with Crippen LogP contribution in [0.25, 0.3) is 0 Å². The molecule has 0 amide bonds. The Bertz CT molecular complexity index is 157. The highest BCUT2D eigenvalue weighted by Crippen LogP contribution is 2.23. The Morgan fingerprint density at radius 1 is 1.33 bits per heavy atom. The molecule has 0 saturated carbocycles. The number of aliphatic hydroxyl groups is 2. The third-order valence-corrected chi connectivity index (χ3v) is 2.42. The summed E-state index contributed by atoms with van der Waals surface area (Å²) in [6, 6.07) is 0. The van der Waals surface area contributed by atoms with Crippen molar-refractivity contribution in [3.05, 3.63) is 0 Å². The predicted molar refractivity (Wildman–Crippen MR) is 61.8 cm³/mol. The Morgan fingerprint density at radius 2 is 1.93 bits per heavy atom. The van der Waals surface area contributed by atoms with Gasteiger partial charge in [-0.3, -0.25) is 0 Å². The van der Waals surface area contributed by atoms with E-state index >= 15 is 0 Å². The van der Waals surface area contributed by atoms with Gasteiger partial charge in [0, 0.05) is 6.61 Å². The minimum atomic E-state index is -0.595. The maximum Gasteiger partial charge on any atom is 0.0773 e. The normalized spacial score (nSPS) is 16.4. The first-order valence-corrected chi connectivity index (χ1v) is 5.84. The number of hydrogen-bond acceptors (Lipinski definition) is 3. The molecule has 2 atom stereocenters. The second-order valence-electron chi connectivity index (χ2n) is 4.99. The van der Waals surface area contributed by atoms with Crippen LogP contribution in [0.2, 0.25) is 0 Å². The minimum absolute atomic E-state index is 0.134. The van der Waals surface area contributed by atoms with Crippen LogP contribution in [0.3, 0.4) is 0 Å². The fourth-order valence-electron chi connectivity index (χ4n) is 1.90. The summed E-state index contributed by atoms with van der Waals surface area (Å²) >= 11 is 0. The average Bonchev–Trinajstić information content (AvgIpc) is 2.13. The van der Waals surface area contributed by atoms with Crippen LogP contribution in [0.15, 0.2) is 0 Å². The van der Waals surface area contributed by atoms with Gasteiger partial charge in [-0.15, -0.1) is 0 Å². The molecule has 0 aromatic carbocycles. The van der Waals surface area contributed by atoms with Crippen molar-refractivity contribution in [2.45, 2.75) is 58.7 Å². The summed E-state index contributed by atoms with van der Waals surface area (Å²) in [6.45, 7) is 8.95. The van der Waals surface area contributed by atoms with Crippen LogP contribution in [0.4, 0.5) is 0 Å². The van der Waals surface area contributed by atoms with E-state index in [9.17, 15) is 5.11 Å². The molecule has 0 aliphatic heterocycles. The predicted octanol–water partition coefficient (Wildman–Crippen LogP) is 1.96. The van der Waals surface area contributed by atoms with Gasteiger partial charge in [-0.2, -0.15) is 0 Å². The van der Waals surface area contributed by atoms with Crippen molar-refractivity contribution >= 4 is 0 Å². The van der Waals surface area contributed by atoms with Gasteiger partial charge < -0.3 is 14.9 Å². The van der Waals surface area contributed by atoms with E-state index in [0.717, 1.165) is 19.4 Å². The third-order valence-electron chi connectivity index (χ3n) is 2.42. The molecule has 0 bridgehead atoms. The van der Waals surface area contributed by atoms with Crippen molar-refractivity contribution in [3.8, 4) is 0 Å². The highest BCUT2D eigenvalue weighted by atomic mass is 16.5. The molecular weight excluding hydrogens is 192 g/mol. The van der Waals surface area contributed by atoms with Crippen molar-refractivity contribution in [1.29, 1.82) is 0 Å². The number of aliphatic hydroxyl groups excluding tert-OH is 2. The molecule has 0 aromatic rings. The van der Waals surface area contributed by atoms with E-state index in [2.05, 4.69) is 27.7 Å². The third kappa shape index (κ3) is 7.77. The molecule has 3 heteroatoms. The van der Waals surface area contributed by atoms with E-state index in [1.165, 1.54) is 0 Å². The lowest BCUT2D eigenvalue weighted by Crippen LogP contribution is -2.29. The Morgan fingerprint density at radius 3 is 2.40 bits per heavy atom. The molecule has 0 aromatic heterocycles. The summed E-state index contributed by atoms with van der Waals surface area (Å²) in [7, 11) is 0. The van der Waals surface area contributed by atoms with Crippen LogP contribution in [0.5, 0.6) is 0 Å². The quantitative estimate of drug-likeness (QED) is 0.655. The van der Waals surface area contributed by atoms with Crippen LogP contribution >= 0.6 is 0 Å². The van der Waals surface area contributed by atoms with Crippen LogP contribution in [0.1, 0.15) is 47.0 Å². The van der Waals surface area contributed by atoms with E-state index < -0.39 is 6.10 Å². The fourth-order valence-corrected chi connectivity index (χ4v) is 1.90. The van der Waals surface area contributed by atoms with Crippen molar-refractivity contribution in [2.75, 3.05) is 13.2 Å². The molecule has 0 rings (SSSR count). The molecule has 2 N–H and O–H groups in total. The summed E-state index contributed by atoms with van der Waals surface area (Å²) in [5.41, 5.74) is -0.134. The zero-order valence-electron chi connectivity index (χ0n) is 10.5. The molecule has 0 aliphatic carbocycles. The van der Waals surface area contributed by atoms with Crippen LogP contribution < -0.4 is 0 Å². The monoisotopic (exact) mass is 218 g/mol. The molecule has 0 spiro atoms. The van der Waals surface area contributed by atoms with Crippen molar-refractivity contribution in [2.24, 2.45) is 5.92 Å². The first kappa shape index (κ1) is 14.9. The first-order valence-electron chi connectivity index (χ1n) is 5.84. The topological polar surface area (TPSA) is 49.7 Å². The summed E-state index contributed by atoms with van der Waals surface area (Å²) < 4.78 is 5.72. The molecule has 0 radical (unpaired) electrons. The second-order valence-corrected chi connectivity index (χ2v) is 4.99. The van der Waals surface area contributed by atoms with Gasteiger partial charge in [-0.25, -0.2) is 0 Å². The highest BCUT2D eigenvalue weighted by Gasteiger charge is 2.22. The number of ether oxygens (including phenoxy) is 1. The van der Waals surface area contributed by atoms with Gasteiger partial charge in [0.25, 0.3) is 0 Å². The molecule has 0 saturated heterocycles. The molecular formula is C12H26O3. The van der Waals surface area contributed by atoms with Gasteiger partial charge in [-0.05, 0) is 39.0 Å². The van der Waals surface area contributed by atoms with Crippen molar-refractivity contribution in [1.82, 2.24) is 0 Å². The summed E-state index contributed by atoms with van der Waals surface area (Å²) in [5, 5.41) is 18.1. The lowest BCUT2D eigenvalue weighted by atomic mass is 9.90. The number of rotatable bonds is 8. The molecule has 0 fully saturated rings. The smallest absolute Gasteiger partial charge is 0.0773 e. The SMILES string of the molecule is CCCOC(C)(C)CC(C)CC(O)CO. The maximum atomic E-state index is 9.31. The Balaban J connectivity index is 3.86. The Kier molecular flexibility index (Phi) is 7.14. The standard InChI is InChI=1S/C12H26O3/c1-5-6-15-12(3,4)8-10(2)7-11(14)9-13/h10-11,13-14H,5-9H2,1-4H3. The van der Waals surface area contributed by atoms with Crippen molar-refractivity contribution < 1.29 is 14.9 Å². The zero-order chi connectivity index (χ0) is 11.9. The van der Waals surface area contributed by atoms with Gasteiger partial charge in [0.2, 0.25) is 0 Å². The highest BCUT2D eigenvalue weighted by molar-refractivity contribution is 4.73. The number of hydrogen-bond donors (Lipinski definition) is 2. The molecule has 0 aliphatic rings. The van der Waals surface area contributed by atoms with Gasteiger partial charge in [0.15, 0.2) is 0 Å². The maximum absolute atomic E-state index is 9.31. The molecule has 15 heavy (non-hydrogen) atoms. The van der Waals surface area contributed by atoms with Gasteiger partial charge in [0.05, 0.1) is 18.3 Å².